The number of rotatable bonds is 9. The van der Waals surface area contributed by atoms with Crippen LogP contribution in [0.15, 0.2) is 47.8 Å². The number of hydrogen-bond donors (Lipinski definition) is 2. The molecule has 0 unspecified atom stereocenters. The van der Waals surface area contributed by atoms with Crippen molar-refractivity contribution in [3.63, 3.8) is 0 Å². The smallest absolute Gasteiger partial charge is 0.309 e. The number of piperazine rings is 1. The van der Waals surface area contributed by atoms with E-state index in [4.69, 9.17) is 4.74 Å². The Labute approximate surface area is 212 Å². The molecule has 0 saturated carbocycles. The quantitative estimate of drug-likeness (QED) is 0.510. The molecule has 2 saturated heterocycles. The number of carbonyl (C=O) groups is 2. The van der Waals surface area contributed by atoms with Crippen molar-refractivity contribution in [3.8, 4) is 0 Å². The molecule has 2 fully saturated rings. The van der Waals surface area contributed by atoms with E-state index in [9.17, 15) is 9.59 Å². The van der Waals surface area contributed by atoms with Crippen molar-refractivity contribution in [2.45, 2.75) is 25.6 Å². The molecule has 0 bridgehead atoms. The number of ether oxygens (including phenoxy) is 1. The molecule has 2 aromatic rings. The molecule has 2 amide bonds. The fraction of sp³-hybridized carbons (Fsp3) is 0.538. The lowest BCUT2D eigenvalue weighted by Crippen LogP contribution is -2.53. The van der Waals surface area contributed by atoms with E-state index in [-0.39, 0.29) is 12.1 Å². The normalized spacial score (nSPS) is 19.7. The number of benzene rings is 1. The van der Waals surface area contributed by atoms with E-state index in [1.165, 1.54) is 10.4 Å². The monoisotopic (exact) mass is 499 g/mol. The Bertz CT molecular complexity index is 912. The Morgan fingerprint density at radius 3 is 2.37 bits per heavy atom. The van der Waals surface area contributed by atoms with E-state index in [2.05, 4.69) is 61.0 Å². The minimum atomic E-state index is -0.567. The lowest BCUT2D eigenvalue weighted by molar-refractivity contribution is -0.139. The molecule has 2 atom stereocenters. The van der Waals surface area contributed by atoms with Crippen molar-refractivity contribution in [2.75, 3.05) is 65.6 Å². The minimum Gasteiger partial charge on any atom is -0.379 e. The molecular weight excluding hydrogens is 462 g/mol. The van der Waals surface area contributed by atoms with Crippen LogP contribution >= 0.6 is 11.3 Å². The summed E-state index contributed by atoms with van der Waals surface area (Å²) >= 11 is 1.70. The number of nitrogens with zero attached hydrogens (tertiary/aromatic N) is 3. The zero-order valence-corrected chi connectivity index (χ0v) is 21.3. The molecular formula is C26H37N5O3S. The third-order valence-electron chi connectivity index (χ3n) is 6.74. The maximum absolute atomic E-state index is 12.7. The van der Waals surface area contributed by atoms with E-state index >= 15 is 0 Å². The Morgan fingerprint density at radius 1 is 0.943 bits per heavy atom. The SMILES string of the molecule is C[C@@H](NC(=O)C(=O)NCCN1CCOCC1)[C@H](c1cccs1)N1CCN(Cc2ccccc2)CC1. The average molecular weight is 500 g/mol. The molecule has 3 heterocycles. The Morgan fingerprint density at radius 2 is 1.69 bits per heavy atom. The third kappa shape index (κ3) is 7.59. The topological polar surface area (TPSA) is 77.1 Å². The van der Waals surface area contributed by atoms with Gasteiger partial charge in [0.1, 0.15) is 0 Å². The first kappa shape index (κ1) is 25.8. The second kappa shape index (κ2) is 13.1. The van der Waals surface area contributed by atoms with Gasteiger partial charge < -0.3 is 15.4 Å². The molecule has 2 aliphatic rings. The molecule has 0 radical (unpaired) electrons. The number of thiophene rings is 1. The van der Waals surface area contributed by atoms with Gasteiger partial charge in [0.2, 0.25) is 0 Å². The molecule has 190 valence electrons. The van der Waals surface area contributed by atoms with Crippen LogP contribution in [-0.4, -0.2) is 98.1 Å². The van der Waals surface area contributed by atoms with Crippen LogP contribution in [0.25, 0.3) is 0 Å². The molecule has 0 aliphatic carbocycles. The molecule has 2 aliphatic heterocycles. The van der Waals surface area contributed by atoms with Crippen LogP contribution in [0.2, 0.25) is 0 Å². The minimum absolute atomic E-state index is 0.0407. The van der Waals surface area contributed by atoms with E-state index in [1.54, 1.807) is 11.3 Å². The van der Waals surface area contributed by atoms with Crippen molar-refractivity contribution < 1.29 is 14.3 Å². The molecule has 2 N–H and O–H groups in total. The number of hydrogen-bond acceptors (Lipinski definition) is 7. The van der Waals surface area contributed by atoms with Crippen LogP contribution in [0.1, 0.15) is 23.4 Å². The standard InChI is InChI=1S/C26H37N5O3S/c1-21(28-26(33)25(32)27-9-10-29-15-17-34-18-16-29)24(23-8-5-19-35-23)31-13-11-30(12-14-31)20-22-6-3-2-4-7-22/h2-8,19,21,24H,9-18,20H2,1H3,(H,27,32)(H,28,33)/t21-,24-/m1/s1. The molecule has 0 spiro atoms. The van der Waals surface area contributed by atoms with Gasteiger partial charge in [0.05, 0.1) is 19.3 Å². The van der Waals surface area contributed by atoms with Gasteiger partial charge >= 0.3 is 11.8 Å². The summed E-state index contributed by atoms with van der Waals surface area (Å²) in [5.74, 6) is -1.13. The van der Waals surface area contributed by atoms with Crippen molar-refractivity contribution in [2.24, 2.45) is 0 Å². The highest BCUT2D eigenvalue weighted by Crippen LogP contribution is 2.29. The highest BCUT2D eigenvalue weighted by molar-refractivity contribution is 7.10. The van der Waals surface area contributed by atoms with E-state index in [0.29, 0.717) is 6.54 Å². The first-order chi connectivity index (χ1) is 17.1. The van der Waals surface area contributed by atoms with Gasteiger partial charge in [0.15, 0.2) is 0 Å². The summed E-state index contributed by atoms with van der Waals surface area (Å²) in [6.45, 7) is 11.1. The predicted octanol–water partition coefficient (Wildman–Crippen LogP) is 1.56. The zero-order valence-electron chi connectivity index (χ0n) is 20.5. The fourth-order valence-corrected chi connectivity index (χ4v) is 5.79. The number of carbonyl (C=O) groups excluding carboxylic acids is 2. The van der Waals surface area contributed by atoms with E-state index in [0.717, 1.165) is 65.6 Å². The van der Waals surface area contributed by atoms with Gasteiger partial charge in [-0.3, -0.25) is 24.3 Å². The highest BCUT2D eigenvalue weighted by atomic mass is 32.1. The number of nitrogens with one attached hydrogen (secondary N) is 2. The first-order valence-corrected chi connectivity index (χ1v) is 13.4. The van der Waals surface area contributed by atoms with Gasteiger partial charge in [-0.1, -0.05) is 36.4 Å². The number of morpholine rings is 1. The summed E-state index contributed by atoms with van der Waals surface area (Å²) < 4.78 is 5.35. The highest BCUT2D eigenvalue weighted by Gasteiger charge is 2.31. The second-order valence-corrected chi connectivity index (χ2v) is 10.2. The van der Waals surface area contributed by atoms with Gasteiger partial charge in [0.25, 0.3) is 0 Å². The van der Waals surface area contributed by atoms with Crippen molar-refractivity contribution in [1.82, 2.24) is 25.3 Å². The molecule has 1 aromatic carbocycles. The van der Waals surface area contributed by atoms with Gasteiger partial charge in [0, 0.05) is 69.8 Å². The molecule has 8 nitrogen and oxygen atoms in total. The van der Waals surface area contributed by atoms with Crippen LogP contribution in [-0.2, 0) is 20.9 Å². The van der Waals surface area contributed by atoms with Crippen LogP contribution < -0.4 is 10.6 Å². The molecule has 35 heavy (non-hydrogen) atoms. The summed E-state index contributed by atoms with van der Waals surface area (Å²) in [5, 5.41) is 7.81. The summed E-state index contributed by atoms with van der Waals surface area (Å²) in [6.07, 6.45) is 0. The average Bonchev–Trinajstić information content (AvgIpc) is 3.41. The van der Waals surface area contributed by atoms with Crippen LogP contribution in [0.5, 0.6) is 0 Å². The Kier molecular flexibility index (Phi) is 9.67. The summed E-state index contributed by atoms with van der Waals surface area (Å²) in [7, 11) is 0. The Hall–Kier alpha value is -2.30. The fourth-order valence-electron chi connectivity index (χ4n) is 4.83. The lowest BCUT2D eigenvalue weighted by Gasteiger charge is -2.41. The molecule has 1 aromatic heterocycles. The lowest BCUT2D eigenvalue weighted by atomic mass is 10.0. The Balaban J connectivity index is 1.28. The van der Waals surface area contributed by atoms with E-state index in [1.807, 2.05) is 19.1 Å². The van der Waals surface area contributed by atoms with E-state index < -0.39 is 11.8 Å². The second-order valence-electron chi connectivity index (χ2n) is 9.23. The van der Waals surface area contributed by atoms with Crippen LogP contribution in [0, 0.1) is 0 Å². The maximum Gasteiger partial charge on any atom is 0.309 e. The van der Waals surface area contributed by atoms with Crippen molar-refractivity contribution in [3.05, 3.63) is 58.3 Å². The first-order valence-electron chi connectivity index (χ1n) is 12.5. The summed E-state index contributed by atoms with van der Waals surface area (Å²) in [6, 6.07) is 14.6. The maximum atomic E-state index is 12.7. The summed E-state index contributed by atoms with van der Waals surface area (Å²) in [5.41, 5.74) is 1.33. The van der Waals surface area contributed by atoms with Crippen molar-refractivity contribution >= 4 is 23.2 Å². The molecule has 4 rings (SSSR count). The number of amides is 2. The van der Waals surface area contributed by atoms with Gasteiger partial charge in [-0.25, -0.2) is 0 Å². The van der Waals surface area contributed by atoms with Gasteiger partial charge in [-0.2, -0.15) is 0 Å². The molecule has 9 heteroatoms. The van der Waals surface area contributed by atoms with Gasteiger partial charge in [-0.05, 0) is 23.9 Å². The van der Waals surface area contributed by atoms with Crippen LogP contribution in [0.4, 0.5) is 0 Å². The van der Waals surface area contributed by atoms with Gasteiger partial charge in [-0.15, -0.1) is 11.3 Å². The van der Waals surface area contributed by atoms with Crippen molar-refractivity contribution in [1.29, 1.82) is 0 Å². The predicted molar refractivity (Wildman–Crippen MR) is 138 cm³/mol. The summed E-state index contributed by atoms with van der Waals surface area (Å²) in [4.78, 5) is 33.5. The third-order valence-corrected chi connectivity index (χ3v) is 7.68. The largest absolute Gasteiger partial charge is 0.379 e. The zero-order chi connectivity index (χ0) is 24.5. The van der Waals surface area contributed by atoms with Crippen LogP contribution in [0.3, 0.4) is 0 Å².